The molecule has 0 aromatic rings. The van der Waals surface area contributed by atoms with E-state index in [4.69, 9.17) is 0 Å². The smallest absolute Gasteiger partial charge is 0.207 e. The first-order chi connectivity index (χ1) is 7.22. The van der Waals surface area contributed by atoms with Crippen molar-refractivity contribution >= 4 is 6.41 Å². The molecule has 0 bridgehead atoms. The fraction of sp³-hybridized carbons (Fsp3) is 0.923. The lowest BCUT2D eigenvalue weighted by molar-refractivity contribution is -0.110. The van der Waals surface area contributed by atoms with E-state index >= 15 is 0 Å². The van der Waals surface area contributed by atoms with Crippen LogP contribution < -0.4 is 5.32 Å². The monoisotopic (exact) mass is 211 g/mol. The largest absolute Gasteiger partial charge is 0.356 e. The van der Waals surface area contributed by atoms with Crippen molar-refractivity contribution < 1.29 is 4.79 Å². The van der Waals surface area contributed by atoms with E-state index in [-0.39, 0.29) is 0 Å². The van der Waals surface area contributed by atoms with Gasteiger partial charge in [0.15, 0.2) is 0 Å². The summed E-state index contributed by atoms with van der Waals surface area (Å²) in [5, 5.41) is 2.90. The number of rotatable bonds is 6. The van der Waals surface area contributed by atoms with Gasteiger partial charge in [0.05, 0.1) is 0 Å². The lowest BCUT2D eigenvalue weighted by Crippen LogP contribution is -2.32. The van der Waals surface area contributed by atoms with Crippen LogP contribution in [0.15, 0.2) is 0 Å². The van der Waals surface area contributed by atoms with Gasteiger partial charge in [-0.05, 0) is 37.5 Å². The van der Waals surface area contributed by atoms with Gasteiger partial charge in [0.25, 0.3) is 0 Å². The number of carbonyl (C=O) groups is 1. The first-order valence-electron chi connectivity index (χ1n) is 6.42. The molecule has 1 saturated carbocycles. The van der Waals surface area contributed by atoms with Crippen LogP contribution in [0.1, 0.15) is 58.8 Å². The quantitative estimate of drug-likeness (QED) is 0.672. The highest BCUT2D eigenvalue weighted by Crippen LogP contribution is 2.28. The van der Waals surface area contributed by atoms with Crippen LogP contribution in [0.5, 0.6) is 0 Å². The molecule has 1 rings (SSSR count). The van der Waals surface area contributed by atoms with Crippen LogP contribution in [0, 0.1) is 11.8 Å². The maximum Gasteiger partial charge on any atom is 0.207 e. The van der Waals surface area contributed by atoms with Crippen LogP contribution in [-0.2, 0) is 4.79 Å². The zero-order valence-corrected chi connectivity index (χ0v) is 10.2. The number of hydrogen-bond donors (Lipinski definition) is 1. The molecule has 1 aliphatic carbocycles. The lowest BCUT2D eigenvalue weighted by Gasteiger charge is -2.28. The van der Waals surface area contributed by atoms with Gasteiger partial charge >= 0.3 is 0 Å². The molecule has 2 nitrogen and oxygen atoms in total. The maximum atomic E-state index is 10.3. The van der Waals surface area contributed by atoms with E-state index in [0.717, 1.165) is 18.2 Å². The minimum atomic E-state index is 0.462. The second kappa shape index (κ2) is 6.86. The van der Waals surface area contributed by atoms with Crippen molar-refractivity contribution in [1.29, 1.82) is 0 Å². The van der Waals surface area contributed by atoms with Crippen LogP contribution in [-0.4, -0.2) is 12.5 Å². The first kappa shape index (κ1) is 12.5. The second-order valence-electron chi connectivity index (χ2n) is 5.33. The maximum absolute atomic E-state index is 10.3. The molecule has 0 radical (unpaired) electrons. The van der Waals surface area contributed by atoms with E-state index in [1.165, 1.54) is 44.9 Å². The molecule has 0 atom stereocenters. The molecule has 0 saturated heterocycles. The van der Waals surface area contributed by atoms with E-state index < -0.39 is 0 Å². The lowest BCUT2D eigenvalue weighted by atomic mass is 9.83. The molecular weight excluding hydrogens is 186 g/mol. The molecule has 0 heterocycles. The Hall–Kier alpha value is -0.530. The predicted molar refractivity (Wildman–Crippen MR) is 63.6 cm³/mol. The van der Waals surface area contributed by atoms with Crippen LogP contribution in [0.25, 0.3) is 0 Å². The van der Waals surface area contributed by atoms with E-state index in [1.54, 1.807) is 0 Å². The topological polar surface area (TPSA) is 29.1 Å². The van der Waals surface area contributed by atoms with Gasteiger partial charge in [0, 0.05) is 6.04 Å². The summed E-state index contributed by atoms with van der Waals surface area (Å²) < 4.78 is 0. The Morgan fingerprint density at radius 1 is 1.27 bits per heavy atom. The van der Waals surface area contributed by atoms with Crippen LogP contribution >= 0.6 is 0 Å². The molecular formula is C13H25NO. The van der Waals surface area contributed by atoms with Crippen molar-refractivity contribution in [2.24, 2.45) is 11.8 Å². The highest BCUT2D eigenvalue weighted by atomic mass is 16.1. The van der Waals surface area contributed by atoms with Crippen molar-refractivity contribution in [3.8, 4) is 0 Å². The third kappa shape index (κ3) is 5.19. The Labute approximate surface area is 93.8 Å². The fourth-order valence-corrected chi connectivity index (χ4v) is 2.53. The van der Waals surface area contributed by atoms with E-state index in [9.17, 15) is 4.79 Å². The van der Waals surface area contributed by atoms with E-state index in [0.29, 0.717) is 6.04 Å². The summed E-state index contributed by atoms with van der Waals surface area (Å²) in [4.78, 5) is 10.3. The number of nitrogens with one attached hydrogen (secondary N) is 1. The minimum absolute atomic E-state index is 0.462. The van der Waals surface area contributed by atoms with Crippen molar-refractivity contribution in [1.82, 2.24) is 5.32 Å². The molecule has 0 unspecified atom stereocenters. The summed E-state index contributed by atoms with van der Waals surface area (Å²) in [5.41, 5.74) is 0. The van der Waals surface area contributed by atoms with Gasteiger partial charge in [0.1, 0.15) is 0 Å². The van der Waals surface area contributed by atoms with Gasteiger partial charge in [-0.15, -0.1) is 0 Å². The average molecular weight is 211 g/mol. The zero-order valence-electron chi connectivity index (χ0n) is 10.2. The van der Waals surface area contributed by atoms with E-state index in [2.05, 4.69) is 19.2 Å². The van der Waals surface area contributed by atoms with Crippen molar-refractivity contribution in [2.75, 3.05) is 0 Å². The summed E-state index contributed by atoms with van der Waals surface area (Å²) >= 11 is 0. The van der Waals surface area contributed by atoms with E-state index in [1.807, 2.05) is 0 Å². The van der Waals surface area contributed by atoms with Gasteiger partial charge in [-0.1, -0.05) is 33.1 Å². The molecule has 1 amide bonds. The summed E-state index contributed by atoms with van der Waals surface area (Å²) in [6.07, 6.45) is 9.99. The molecule has 1 fully saturated rings. The summed E-state index contributed by atoms with van der Waals surface area (Å²) in [6, 6.07) is 0.462. The second-order valence-corrected chi connectivity index (χ2v) is 5.33. The number of amides is 1. The molecule has 2 heteroatoms. The Balaban J connectivity index is 2.06. The van der Waals surface area contributed by atoms with Gasteiger partial charge in [-0.2, -0.15) is 0 Å². The fourth-order valence-electron chi connectivity index (χ4n) is 2.53. The van der Waals surface area contributed by atoms with Crippen molar-refractivity contribution in [3.05, 3.63) is 0 Å². The van der Waals surface area contributed by atoms with Gasteiger partial charge < -0.3 is 5.32 Å². The van der Waals surface area contributed by atoms with Gasteiger partial charge in [0.2, 0.25) is 6.41 Å². The Kier molecular flexibility index (Phi) is 5.74. The Bertz CT molecular complexity index is 171. The molecule has 0 spiro atoms. The van der Waals surface area contributed by atoms with Crippen LogP contribution in [0.2, 0.25) is 0 Å². The normalized spacial score (nSPS) is 26.6. The van der Waals surface area contributed by atoms with Crippen LogP contribution in [0.3, 0.4) is 0 Å². The minimum Gasteiger partial charge on any atom is -0.356 e. The van der Waals surface area contributed by atoms with Crippen LogP contribution in [0.4, 0.5) is 0 Å². The third-order valence-electron chi connectivity index (χ3n) is 3.54. The number of carbonyl (C=O) groups excluding carboxylic acids is 1. The van der Waals surface area contributed by atoms with Crippen molar-refractivity contribution in [2.45, 2.75) is 64.8 Å². The van der Waals surface area contributed by atoms with Crippen molar-refractivity contribution in [3.63, 3.8) is 0 Å². The molecule has 0 aromatic heterocycles. The predicted octanol–water partition coefficient (Wildman–Crippen LogP) is 3.12. The number of hydrogen-bond acceptors (Lipinski definition) is 1. The highest BCUT2D eigenvalue weighted by molar-refractivity contribution is 5.46. The molecule has 0 aliphatic heterocycles. The molecule has 1 N–H and O–H groups in total. The average Bonchev–Trinajstić information content (AvgIpc) is 2.20. The Morgan fingerprint density at radius 2 is 1.93 bits per heavy atom. The molecule has 88 valence electrons. The third-order valence-corrected chi connectivity index (χ3v) is 3.54. The first-order valence-corrected chi connectivity index (χ1v) is 6.42. The Morgan fingerprint density at radius 3 is 2.47 bits per heavy atom. The molecule has 1 aliphatic rings. The summed E-state index contributed by atoms with van der Waals surface area (Å²) in [5.74, 6) is 1.77. The summed E-state index contributed by atoms with van der Waals surface area (Å²) in [7, 11) is 0. The zero-order chi connectivity index (χ0) is 11.1. The highest BCUT2D eigenvalue weighted by Gasteiger charge is 2.20. The summed E-state index contributed by atoms with van der Waals surface area (Å²) in [6.45, 7) is 4.59. The standard InChI is InChI=1S/C13H25NO/c1-11(2)4-3-5-12-6-8-13(9-7-12)14-10-15/h10-13H,3-9H2,1-2H3,(H,14,15). The SMILES string of the molecule is CC(C)CCCC1CCC(NC=O)CC1. The molecule has 15 heavy (non-hydrogen) atoms. The van der Waals surface area contributed by atoms with Gasteiger partial charge in [-0.25, -0.2) is 0 Å². The molecule has 0 aromatic carbocycles. The van der Waals surface area contributed by atoms with Gasteiger partial charge in [-0.3, -0.25) is 4.79 Å².